The summed E-state index contributed by atoms with van der Waals surface area (Å²) in [6.45, 7) is 4.16. The van der Waals surface area contributed by atoms with E-state index in [0.717, 1.165) is 0 Å². The number of alkyl halides is 3. The van der Waals surface area contributed by atoms with Crippen molar-refractivity contribution in [3.8, 4) is 0 Å². The van der Waals surface area contributed by atoms with Gasteiger partial charge in [-0.25, -0.2) is 4.98 Å². The van der Waals surface area contributed by atoms with Gasteiger partial charge in [0.25, 0.3) is 0 Å². The number of hydrogen-bond acceptors (Lipinski definition) is 2. The van der Waals surface area contributed by atoms with E-state index in [2.05, 4.69) is 9.97 Å². The zero-order valence-electron chi connectivity index (χ0n) is 10.2. The molecule has 0 bridgehead atoms. The lowest BCUT2D eigenvalue weighted by Gasteiger charge is -2.28. The number of aryl methyl sites for hydroxylation is 1. The van der Waals surface area contributed by atoms with Crippen LogP contribution in [0.2, 0.25) is 0 Å². The molecule has 0 aliphatic carbocycles. The fraction of sp³-hybridized carbons (Fsp3) is 0.727. The molecule has 0 amide bonds. The van der Waals surface area contributed by atoms with E-state index < -0.39 is 17.6 Å². The van der Waals surface area contributed by atoms with Crippen LogP contribution < -0.4 is 5.73 Å². The number of nitrogens with two attached hydrogens (primary N) is 1. The Morgan fingerprint density at radius 2 is 2.00 bits per heavy atom. The van der Waals surface area contributed by atoms with E-state index in [1.54, 1.807) is 13.1 Å². The third-order valence-electron chi connectivity index (χ3n) is 2.97. The molecule has 0 aromatic carbocycles. The number of H-pyrrole nitrogens is 1. The van der Waals surface area contributed by atoms with Crippen molar-refractivity contribution in [1.82, 2.24) is 9.97 Å². The van der Waals surface area contributed by atoms with Gasteiger partial charge in [-0.3, -0.25) is 0 Å². The van der Waals surface area contributed by atoms with Crippen molar-refractivity contribution in [2.45, 2.75) is 45.8 Å². The second-order valence-electron chi connectivity index (χ2n) is 4.95. The van der Waals surface area contributed by atoms with Gasteiger partial charge in [0.15, 0.2) is 0 Å². The van der Waals surface area contributed by atoms with Crippen molar-refractivity contribution < 1.29 is 13.2 Å². The standard InChI is InChI=1S/C11H18F3N3/c1-7-16-6-9(17-7)8(15)4-5-10(2,3)11(12,13)14/h6,8H,4-5,15H2,1-3H3,(H,16,17)/t8-/m0/s1. The van der Waals surface area contributed by atoms with Gasteiger partial charge in [-0.1, -0.05) is 13.8 Å². The summed E-state index contributed by atoms with van der Waals surface area (Å²) in [7, 11) is 0. The first kappa shape index (κ1) is 14.0. The minimum absolute atomic E-state index is 0.00423. The molecule has 1 atom stereocenters. The van der Waals surface area contributed by atoms with Gasteiger partial charge < -0.3 is 10.7 Å². The highest BCUT2D eigenvalue weighted by atomic mass is 19.4. The molecule has 0 aliphatic heterocycles. The monoisotopic (exact) mass is 249 g/mol. The lowest BCUT2D eigenvalue weighted by molar-refractivity contribution is -0.214. The van der Waals surface area contributed by atoms with Gasteiger partial charge in [0.05, 0.1) is 11.1 Å². The topological polar surface area (TPSA) is 54.7 Å². The molecule has 3 N–H and O–H groups in total. The Balaban J connectivity index is 2.57. The molecule has 0 aliphatic rings. The average Bonchev–Trinajstić information content (AvgIpc) is 2.59. The summed E-state index contributed by atoms with van der Waals surface area (Å²) in [5.41, 5.74) is 4.79. The average molecular weight is 249 g/mol. The summed E-state index contributed by atoms with van der Waals surface area (Å²) >= 11 is 0. The quantitative estimate of drug-likeness (QED) is 0.861. The first-order valence-corrected chi connectivity index (χ1v) is 5.47. The van der Waals surface area contributed by atoms with Crippen LogP contribution in [-0.2, 0) is 0 Å². The summed E-state index contributed by atoms with van der Waals surface area (Å²) in [4.78, 5) is 6.91. The highest BCUT2D eigenvalue weighted by Gasteiger charge is 2.46. The van der Waals surface area contributed by atoms with Crippen molar-refractivity contribution in [1.29, 1.82) is 0 Å². The number of rotatable bonds is 4. The maximum Gasteiger partial charge on any atom is 0.393 e. The summed E-state index contributed by atoms with van der Waals surface area (Å²) < 4.78 is 37.9. The van der Waals surface area contributed by atoms with Crippen molar-refractivity contribution >= 4 is 0 Å². The molecule has 1 heterocycles. The number of aromatic amines is 1. The van der Waals surface area contributed by atoms with Crippen molar-refractivity contribution in [2.75, 3.05) is 0 Å². The fourth-order valence-electron chi connectivity index (χ4n) is 1.44. The van der Waals surface area contributed by atoms with E-state index in [0.29, 0.717) is 11.5 Å². The van der Waals surface area contributed by atoms with Crippen LogP contribution >= 0.6 is 0 Å². The van der Waals surface area contributed by atoms with Crippen LogP contribution in [0, 0.1) is 12.3 Å². The maximum atomic E-state index is 12.6. The lowest BCUT2D eigenvalue weighted by atomic mass is 9.85. The Hall–Kier alpha value is -1.04. The van der Waals surface area contributed by atoms with Gasteiger partial charge in [-0.15, -0.1) is 0 Å². The number of nitrogens with zero attached hydrogens (tertiary/aromatic N) is 1. The van der Waals surface area contributed by atoms with E-state index in [-0.39, 0.29) is 12.8 Å². The molecule has 0 unspecified atom stereocenters. The summed E-state index contributed by atoms with van der Waals surface area (Å²) in [6.07, 6.45) is -2.36. The van der Waals surface area contributed by atoms with Crippen LogP contribution in [0.4, 0.5) is 13.2 Å². The van der Waals surface area contributed by atoms with Crippen molar-refractivity contribution in [2.24, 2.45) is 11.1 Å². The van der Waals surface area contributed by atoms with Crippen LogP contribution in [0.25, 0.3) is 0 Å². The predicted octanol–water partition coefficient (Wildman–Crippen LogP) is 3.09. The summed E-state index contributed by atoms with van der Waals surface area (Å²) in [5, 5.41) is 0. The minimum atomic E-state index is -4.20. The molecule has 1 aromatic heterocycles. The molecule has 0 saturated heterocycles. The number of aromatic nitrogens is 2. The third kappa shape index (κ3) is 3.46. The third-order valence-corrected chi connectivity index (χ3v) is 2.97. The van der Waals surface area contributed by atoms with Crippen LogP contribution in [-0.4, -0.2) is 16.1 Å². The Kier molecular flexibility index (Phi) is 3.86. The molecule has 98 valence electrons. The molecular weight excluding hydrogens is 231 g/mol. The number of halogens is 3. The zero-order valence-corrected chi connectivity index (χ0v) is 10.2. The number of hydrogen-bond donors (Lipinski definition) is 2. The summed E-state index contributed by atoms with van der Waals surface area (Å²) in [5.74, 6) is 0.713. The highest BCUT2D eigenvalue weighted by Crippen LogP contribution is 2.42. The molecule has 6 heteroatoms. The van der Waals surface area contributed by atoms with Crippen molar-refractivity contribution in [3.63, 3.8) is 0 Å². The molecule has 0 saturated carbocycles. The second-order valence-corrected chi connectivity index (χ2v) is 4.95. The molecule has 0 fully saturated rings. The van der Waals surface area contributed by atoms with Gasteiger partial charge in [0, 0.05) is 12.2 Å². The molecule has 17 heavy (non-hydrogen) atoms. The molecule has 1 aromatic rings. The normalized spacial score (nSPS) is 15.0. The van der Waals surface area contributed by atoms with Crippen LogP contribution in [0.15, 0.2) is 6.20 Å². The fourth-order valence-corrected chi connectivity index (χ4v) is 1.44. The first-order chi connectivity index (χ1) is 7.63. The zero-order chi connectivity index (χ0) is 13.3. The Labute approximate surface area is 98.6 Å². The smallest absolute Gasteiger partial charge is 0.345 e. The van der Waals surface area contributed by atoms with Crippen LogP contribution in [0.5, 0.6) is 0 Å². The van der Waals surface area contributed by atoms with Gasteiger partial charge >= 0.3 is 6.18 Å². The van der Waals surface area contributed by atoms with E-state index in [4.69, 9.17) is 5.73 Å². The Morgan fingerprint density at radius 3 is 2.41 bits per heavy atom. The van der Waals surface area contributed by atoms with E-state index in [9.17, 15) is 13.2 Å². The van der Waals surface area contributed by atoms with Crippen LogP contribution in [0.3, 0.4) is 0 Å². The Morgan fingerprint density at radius 1 is 1.41 bits per heavy atom. The van der Waals surface area contributed by atoms with Crippen molar-refractivity contribution in [3.05, 3.63) is 17.7 Å². The van der Waals surface area contributed by atoms with Gasteiger partial charge in [-0.05, 0) is 19.8 Å². The molecular formula is C11H18F3N3. The highest BCUT2D eigenvalue weighted by molar-refractivity contribution is 5.05. The first-order valence-electron chi connectivity index (χ1n) is 5.47. The van der Waals surface area contributed by atoms with Gasteiger partial charge in [0.1, 0.15) is 5.82 Å². The SMILES string of the molecule is Cc1ncc([C@@H](N)CCC(C)(C)C(F)(F)F)[nH]1. The largest absolute Gasteiger partial charge is 0.393 e. The molecule has 1 rings (SSSR count). The van der Waals surface area contributed by atoms with Crippen LogP contribution in [0.1, 0.15) is 44.2 Å². The maximum absolute atomic E-state index is 12.6. The van der Waals surface area contributed by atoms with E-state index in [1.165, 1.54) is 13.8 Å². The Bertz CT molecular complexity index is 368. The second kappa shape index (κ2) is 4.68. The minimum Gasteiger partial charge on any atom is -0.345 e. The number of imidazole rings is 1. The molecule has 0 spiro atoms. The molecule has 3 nitrogen and oxygen atoms in total. The number of nitrogens with one attached hydrogen (secondary N) is 1. The van der Waals surface area contributed by atoms with Gasteiger partial charge in [0.2, 0.25) is 0 Å². The van der Waals surface area contributed by atoms with E-state index >= 15 is 0 Å². The summed E-state index contributed by atoms with van der Waals surface area (Å²) in [6, 6.07) is -0.433. The lowest BCUT2D eigenvalue weighted by Crippen LogP contribution is -2.32. The predicted molar refractivity (Wildman–Crippen MR) is 59.3 cm³/mol. The van der Waals surface area contributed by atoms with E-state index in [1.807, 2.05) is 0 Å². The molecule has 0 radical (unpaired) electrons. The van der Waals surface area contributed by atoms with Gasteiger partial charge in [-0.2, -0.15) is 13.2 Å².